The number of carbonyl (C=O) groups is 1. The number of allylic oxidation sites excluding steroid dienone is 1. The Hall–Kier alpha value is -2.81. The molecule has 116 valence electrons. The largest absolute Gasteiger partial charge is 0.478 e. The Labute approximate surface area is 135 Å². The molecule has 0 saturated carbocycles. The minimum Gasteiger partial charge on any atom is -0.478 e. The van der Waals surface area contributed by atoms with Gasteiger partial charge in [0, 0.05) is 23.2 Å². The van der Waals surface area contributed by atoms with E-state index < -0.39 is 5.97 Å². The Morgan fingerprint density at radius 3 is 2.57 bits per heavy atom. The summed E-state index contributed by atoms with van der Waals surface area (Å²) >= 11 is 0. The summed E-state index contributed by atoms with van der Waals surface area (Å²) in [5, 5.41) is 10.00. The van der Waals surface area contributed by atoms with Gasteiger partial charge in [0.25, 0.3) is 0 Å². The second-order valence-electron chi connectivity index (χ2n) is 5.75. The minimum atomic E-state index is -0.919. The maximum atomic E-state index is 10.8. The number of rotatable bonds is 4. The van der Waals surface area contributed by atoms with Crippen LogP contribution in [-0.4, -0.2) is 15.6 Å². The molecule has 2 aromatic carbocycles. The van der Waals surface area contributed by atoms with E-state index in [9.17, 15) is 4.79 Å². The molecule has 1 N–H and O–H groups in total. The Morgan fingerprint density at radius 2 is 1.87 bits per heavy atom. The van der Waals surface area contributed by atoms with Gasteiger partial charge >= 0.3 is 5.97 Å². The van der Waals surface area contributed by atoms with E-state index in [0.29, 0.717) is 0 Å². The van der Waals surface area contributed by atoms with Gasteiger partial charge in [0.05, 0.1) is 6.04 Å². The van der Waals surface area contributed by atoms with Gasteiger partial charge in [-0.3, -0.25) is 0 Å². The van der Waals surface area contributed by atoms with Crippen LogP contribution in [0.25, 0.3) is 16.5 Å². The first-order valence-corrected chi connectivity index (χ1v) is 7.63. The molecule has 3 heteroatoms. The van der Waals surface area contributed by atoms with Crippen LogP contribution < -0.4 is 0 Å². The van der Waals surface area contributed by atoms with Crippen molar-refractivity contribution in [2.45, 2.75) is 19.9 Å². The quantitative estimate of drug-likeness (QED) is 0.707. The first kappa shape index (κ1) is 15.1. The van der Waals surface area contributed by atoms with E-state index in [4.69, 9.17) is 5.11 Å². The summed E-state index contributed by atoms with van der Waals surface area (Å²) in [6, 6.07) is 18.8. The normalized spacial score (nSPS) is 13.2. The highest BCUT2D eigenvalue weighted by molar-refractivity contribution is 5.91. The van der Waals surface area contributed by atoms with E-state index in [0.717, 1.165) is 22.0 Å². The maximum absolute atomic E-state index is 10.8. The van der Waals surface area contributed by atoms with Gasteiger partial charge in [-0.2, -0.15) is 0 Å². The van der Waals surface area contributed by atoms with Crippen molar-refractivity contribution < 1.29 is 9.90 Å². The zero-order valence-corrected chi connectivity index (χ0v) is 13.2. The number of benzene rings is 2. The van der Waals surface area contributed by atoms with E-state index in [1.807, 2.05) is 25.1 Å². The van der Waals surface area contributed by atoms with Gasteiger partial charge in [0.1, 0.15) is 0 Å². The lowest BCUT2D eigenvalue weighted by molar-refractivity contribution is -0.131. The molecular formula is C20H19NO2. The number of hydrogen-bond donors (Lipinski definition) is 1. The van der Waals surface area contributed by atoms with Gasteiger partial charge in [-0.25, -0.2) is 4.79 Å². The molecule has 1 unspecified atom stereocenters. The van der Waals surface area contributed by atoms with Crippen LogP contribution in [0.2, 0.25) is 0 Å². The van der Waals surface area contributed by atoms with Crippen LogP contribution in [0.15, 0.2) is 66.9 Å². The summed E-state index contributed by atoms with van der Waals surface area (Å²) in [6.07, 6.45) is 3.33. The van der Waals surface area contributed by atoms with E-state index in [1.165, 1.54) is 11.6 Å². The molecular weight excluding hydrogens is 286 g/mol. The molecule has 0 aliphatic heterocycles. The number of fused-ring (bicyclic) bond motifs is 1. The molecule has 0 bridgehead atoms. The standard InChI is InChI=1S/C20H19NO2/c1-14(12-20(22)23)17-8-9-19-18(13-17)10-11-21(19)15(2)16-6-4-3-5-7-16/h3-13,15H,1-2H3,(H,22,23)/b14-12+. The van der Waals surface area contributed by atoms with Crippen molar-refractivity contribution in [2.75, 3.05) is 0 Å². The number of aromatic nitrogens is 1. The van der Waals surface area contributed by atoms with Crippen molar-refractivity contribution >= 4 is 22.4 Å². The highest BCUT2D eigenvalue weighted by atomic mass is 16.4. The van der Waals surface area contributed by atoms with Crippen LogP contribution in [0.5, 0.6) is 0 Å². The van der Waals surface area contributed by atoms with Crippen LogP contribution in [0.1, 0.15) is 31.0 Å². The fourth-order valence-electron chi connectivity index (χ4n) is 2.91. The Morgan fingerprint density at radius 1 is 1.13 bits per heavy atom. The average Bonchev–Trinajstić information content (AvgIpc) is 2.97. The second kappa shape index (κ2) is 6.13. The summed E-state index contributed by atoms with van der Waals surface area (Å²) in [6.45, 7) is 4.00. The van der Waals surface area contributed by atoms with Gasteiger partial charge in [0.2, 0.25) is 0 Å². The van der Waals surface area contributed by atoms with Gasteiger partial charge in [-0.15, -0.1) is 0 Å². The zero-order valence-electron chi connectivity index (χ0n) is 13.2. The third-order valence-corrected chi connectivity index (χ3v) is 4.21. The maximum Gasteiger partial charge on any atom is 0.328 e. The molecule has 0 spiro atoms. The molecule has 1 heterocycles. The average molecular weight is 305 g/mol. The van der Waals surface area contributed by atoms with Crippen LogP contribution in [0.4, 0.5) is 0 Å². The van der Waals surface area contributed by atoms with Gasteiger partial charge < -0.3 is 9.67 Å². The number of carboxylic acids is 1. The molecule has 3 aromatic rings. The van der Waals surface area contributed by atoms with Crippen molar-refractivity contribution in [3.8, 4) is 0 Å². The van der Waals surface area contributed by atoms with Gasteiger partial charge in [0.15, 0.2) is 0 Å². The lowest BCUT2D eigenvalue weighted by Gasteiger charge is -2.16. The molecule has 1 atom stereocenters. The van der Waals surface area contributed by atoms with Gasteiger partial charge in [-0.05, 0) is 48.7 Å². The smallest absolute Gasteiger partial charge is 0.328 e. The highest BCUT2D eigenvalue weighted by Crippen LogP contribution is 2.27. The third kappa shape index (κ3) is 3.04. The third-order valence-electron chi connectivity index (χ3n) is 4.21. The molecule has 3 rings (SSSR count). The van der Waals surface area contributed by atoms with Crippen molar-refractivity contribution in [3.05, 3.63) is 78.0 Å². The number of carboxylic acid groups (broad SMARTS) is 1. The van der Waals surface area contributed by atoms with Crippen molar-refractivity contribution in [2.24, 2.45) is 0 Å². The summed E-state index contributed by atoms with van der Waals surface area (Å²) in [4.78, 5) is 10.8. The van der Waals surface area contributed by atoms with Crippen molar-refractivity contribution in [1.82, 2.24) is 4.57 Å². The highest BCUT2D eigenvalue weighted by Gasteiger charge is 2.11. The predicted molar refractivity (Wildman–Crippen MR) is 93.5 cm³/mol. The minimum absolute atomic E-state index is 0.246. The van der Waals surface area contributed by atoms with Gasteiger partial charge in [-0.1, -0.05) is 36.4 Å². The van der Waals surface area contributed by atoms with E-state index >= 15 is 0 Å². The molecule has 1 aromatic heterocycles. The molecule has 0 aliphatic rings. The lowest BCUT2D eigenvalue weighted by atomic mass is 10.0. The number of nitrogens with zero attached hydrogens (tertiary/aromatic N) is 1. The number of hydrogen-bond acceptors (Lipinski definition) is 1. The second-order valence-corrected chi connectivity index (χ2v) is 5.75. The monoisotopic (exact) mass is 305 g/mol. The predicted octanol–water partition coefficient (Wildman–Crippen LogP) is 4.74. The van der Waals surface area contributed by atoms with Crippen LogP contribution in [0.3, 0.4) is 0 Å². The molecule has 0 aliphatic carbocycles. The molecule has 0 amide bonds. The fourth-order valence-corrected chi connectivity index (χ4v) is 2.91. The van der Waals surface area contributed by atoms with E-state index in [1.54, 1.807) is 0 Å². The molecule has 23 heavy (non-hydrogen) atoms. The summed E-state index contributed by atoms with van der Waals surface area (Å²) in [5.74, 6) is -0.919. The fraction of sp³-hybridized carbons (Fsp3) is 0.150. The van der Waals surface area contributed by atoms with E-state index in [-0.39, 0.29) is 6.04 Å². The van der Waals surface area contributed by atoms with Crippen LogP contribution >= 0.6 is 0 Å². The molecule has 0 radical (unpaired) electrons. The van der Waals surface area contributed by atoms with Crippen LogP contribution in [-0.2, 0) is 4.79 Å². The first-order valence-electron chi connectivity index (χ1n) is 7.63. The van der Waals surface area contributed by atoms with Crippen molar-refractivity contribution in [3.63, 3.8) is 0 Å². The summed E-state index contributed by atoms with van der Waals surface area (Å²) < 4.78 is 2.24. The Bertz CT molecular complexity index is 875. The van der Waals surface area contributed by atoms with Crippen molar-refractivity contribution in [1.29, 1.82) is 0 Å². The molecule has 0 fully saturated rings. The summed E-state index contributed by atoms with van der Waals surface area (Å²) in [5.41, 5.74) is 4.09. The zero-order chi connectivity index (χ0) is 16.4. The van der Waals surface area contributed by atoms with Crippen LogP contribution in [0, 0.1) is 0 Å². The SMILES string of the molecule is C/C(=C\C(=O)O)c1ccc2c(ccn2C(C)c2ccccc2)c1. The lowest BCUT2D eigenvalue weighted by Crippen LogP contribution is -2.04. The summed E-state index contributed by atoms with van der Waals surface area (Å²) in [7, 11) is 0. The van der Waals surface area contributed by atoms with E-state index in [2.05, 4.69) is 54.1 Å². The Balaban J connectivity index is 2.01. The molecule has 0 saturated heterocycles. The topological polar surface area (TPSA) is 42.2 Å². The molecule has 3 nitrogen and oxygen atoms in total. The Kier molecular flexibility index (Phi) is 4.02. The first-order chi connectivity index (χ1) is 11.1. The number of aliphatic carboxylic acids is 1.